The summed E-state index contributed by atoms with van der Waals surface area (Å²) in [5.74, 6) is -0.893. The van der Waals surface area contributed by atoms with E-state index in [2.05, 4.69) is 5.32 Å². The van der Waals surface area contributed by atoms with Gasteiger partial charge >= 0.3 is 12.0 Å². The lowest BCUT2D eigenvalue weighted by Crippen LogP contribution is -2.37. The van der Waals surface area contributed by atoms with Gasteiger partial charge in [0.25, 0.3) is 5.91 Å². The highest BCUT2D eigenvalue weighted by atomic mass is 16.5. The van der Waals surface area contributed by atoms with Crippen molar-refractivity contribution in [3.05, 3.63) is 83.8 Å². The number of anilines is 2. The third kappa shape index (κ3) is 5.24. The van der Waals surface area contributed by atoms with Crippen LogP contribution in [0.5, 0.6) is 0 Å². The second-order valence-corrected chi connectivity index (χ2v) is 8.06. The van der Waals surface area contributed by atoms with Crippen LogP contribution in [-0.4, -0.2) is 41.4 Å². The van der Waals surface area contributed by atoms with Gasteiger partial charge in [0.15, 0.2) is 0 Å². The zero-order valence-electron chi connectivity index (χ0n) is 19.4. The van der Waals surface area contributed by atoms with Crippen molar-refractivity contribution in [1.82, 2.24) is 4.90 Å². The summed E-state index contributed by atoms with van der Waals surface area (Å²) in [5.41, 5.74) is 2.24. The standard InChI is InChI=1S/C26H25N3O6/c1-3-34-25(32)18-8-10-19(11-9-18)27-23(30)15-22-24(31)29(20-12-6-17(2)7-13-20)26(33)28(22)16-21-5-4-14-35-21/h4-14,22H,3,15-16H2,1-2H3,(H,27,30)/t22-/m0/s1. The lowest BCUT2D eigenvalue weighted by Gasteiger charge is -2.20. The second-order valence-electron chi connectivity index (χ2n) is 8.06. The number of hydrogen-bond donors (Lipinski definition) is 1. The van der Waals surface area contributed by atoms with Gasteiger partial charge in [-0.3, -0.25) is 9.59 Å². The Morgan fingerprint density at radius 3 is 2.37 bits per heavy atom. The van der Waals surface area contributed by atoms with Crippen molar-refractivity contribution < 1.29 is 28.3 Å². The predicted octanol–water partition coefficient (Wildman–Crippen LogP) is 4.13. The average Bonchev–Trinajstić information content (AvgIpc) is 3.43. The van der Waals surface area contributed by atoms with E-state index in [4.69, 9.17) is 9.15 Å². The number of amides is 4. The summed E-state index contributed by atoms with van der Waals surface area (Å²) < 4.78 is 10.3. The third-order valence-corrected chi connectivity index (χ3v) is 5.58. The summed E-state index contributed by atoms with van der Waals surface area (Å²) in [5, 5.41) is 2.72. The van der Waals surface area contributed by atoms with Crippen molar-refractivity contribution in [2.24, 2.45) is 0 Å². The fourth-order valence-corrected chi connectivity index (χ4v) is 3.81. The van der Waals surface area contributed by atoms with Crippen molar-refractivity contribution in [1.29, 1.82) is 0 Å². The molecule has 2 aromatic carbocycles. The van der Waals surface area contributed by atoms with E-state index >= 15 is 0 Å². The maximum absolute atomic E-state index is 13.3. The molecule has 1 atom stereocenters. The van der Waals surface area contributed by atoms with Crippen LogP contribution in [0.2, 0.25) is 0 Å². The van der Waals surface area contributed by atoms with Crippen molar-refractivity contribution >= 4 is 35.2 Å². The number of rotatable bonds is 8. The molecule has 1 fully saturated rings. The number of ether oxygens (including phenoxy) is 1. The van der Waals surface area contributed by atoms with Crippen LogP contribution >= 0.6 is 0 Å². The van der Waals surface area contributed by atoms with Crippen LogP contribution < -0.4 is 10.2 Å². The van der Waals surface area contributed by atoms with E-state index in [1.54, 1.807) is 55.5 Å². The van der Waals surface area contributed by atoms with E-state index in [-0.39, 0.29) is 19.6 Å². The Labute approximate surface area is 202 Å². The molecule has 1 aliphatic rings. The number of carbonyl (C=O) groups is 4. The topological polar surface area (TPSA) is 109 Å². The quantitative estimate of drug-likeness (QED) is 0.388. The molecule has 0 saturated carbocycles. The molecule has 1 saturated heterocycles. The van der Waals surface area contributed by atoms with Crippen molar-refractivity contribution in [3.63, 3.8) is 0 Å². The van der Waals surface area contributed by atoms with Crippen LogP contribution in [0.3, 0.4) is 0 Å². The van der Waals surface area contributed by atoms with Gasteiger partial charge in [-0.15, -0.1) is 0 Å². The molecule has 180 valence electrons. The molecule has 0 aliphatic carbocycles. The highest BCUT2D eigenvalue weighted by Crippen LogP contribution is 2.29. The van der Waals surface area contributed by atoms with Gasteiger partial charge in [-0.1, -0.05) is 17.7 Å². The van der Waals surface area contributed by atoms with E-state index in [1.807, 2.05) is 19.1 Å². The van der Waals surface area contributed by atoms with E-state index in [1.165, 1.54) is 11.2 Å². The van der Waals surface area contributed by atoms with Gasteiger partial charge in [0.1, 0.15) is 11.8 Å². The molecular formula is C26H25N3O6. The summed E-state index contributed by atoms with van der Waals surface area (Å²) in [6.45, 7) is 3.94. The largest absolute Gasteiger partial charge is 0.467 e. The fourth-order valence-electron chi connectivity index (χ4n) is 3.81. The number of aryl methyl sites for hydroxylation is 1. The van der Waals surface area contributed by atoms with Gasteiger partial charge in [-0.2, -0.15) is 0 Å². The lowest BCUT2D eigenvalue weighted by atomic mass is 10.1. The zero-order valence-corrected chi connectivity index (χ0v) is 19.4. The molecule has 0 spiro atoms. The summed E-state index contributed by atoms with van der Waals surface area (Å²) in [7, 11) is 0. The molecule has 4 amide bonds. The number of nitrogens with one attached hydrogen (secondary N) is 1. The molecule has 1 aliphatic heterocycles. The molecular weight excluding hydrogens is 450 g/mol. The highest BCUT2D eigenvalue weighted by molar-refractivity contribution is 6.22. The van der Waals surface area contributed by atoms with Crippen LogP contribution in [0.1, 0.15) is 35.0 Å². The maximum atomic E-state index is 13.3. The number of hydrogen-bond acceptors (Lipinski definition) is 6. The van der Waals surface area contributed by atoms with Gasteiger partial charge < -0.3 is 19.4 Å². The Kier molecular flexibility index (Phi) is 6.96. The number of urea groups is 1. The molecule has 9 nitrogen and oxygen atoms in total. The first-order valence-electron chi connectivity index (χ1n) is 11.2. The predicted molar refractivity (Wildman–Crippen MR) is 128 cm³/mol. The number of nitrogens with zero attached hydrogens (tertiary/aromatic N) is 2. The van der Waals surface area contributed by atoms with Crippen LogP contribution in [0.25, 0.3) is 0 Å². The van der Waals surface area contributed by atoms with Crippen molar-refractivity contribution in [2.45, 2.75) is 32.9 Å². The van der Waals surface area contributed by atoms with E-state index in [9.17, 15) is 19.2 Å². The maximum Gasteiger partial charge on any atom is 0.338 e. The minimum Gasteiger partial charge on any atom is -0.467 e. The number of esters is 1. The molecule has 4 rings (SSSR count). The average molecular weight is 476 g/mol. The van der Waals surface area contributed by atoms with Crippen LogP contribution in [-0.2, 0) is 20.9 Å². The first-order valence-corrected chi connectivity index (χ1v) is 11.2. The number of imide groups is 1. The van der Waals surface area contributed by atoms with E-state index in [0.29, 0.717) is 22.7 Å². The summed E-state index contributed by atoms with van der Waals surface area (Å²) in [6.07, 6.45) is 1.24. The second kappa shape index (κ2) is 10.3. The fraction of sp³-hybridized carbons (Fsp3) is 0.231. The Hall–Kier alpha value is -4.40. The molecule has 35 heavy (non-hydrogen) atoms. The van der Waals surface area contributed by atoms with Gasteiger partial charge in [0, 0.05) is 5.69 Å². The van der Waals surface area contributed by atoms with Crippen LogP contribution in [0.15, 0.2) is 71.3 Å². The van der Waals surface area contributed by atoms with E-state index in [0.717, 1.165) is 10.5 Å². The summed E-state index contributed by atoms with van der Waals surface area (Å²) in [6, 6.07) is 15.1. The first kappa shape index (κ1) is 23.7. The summed E-state index contributed by atoms with van der Waals surface area (Å²) >= 11 is 0. The van der Waals surface area contributed by atoms with Gasteiger partial charge in [-0.05, 0) is 62.4 Å². The van der Waals surface area contributed by atoms with Crippen molar-refractivity contribution in [3.8, 4) is 0 Å². The molecule has 0 bridgehead atoms. The molecule has 0 unspecified atom stereocenters. The van der Waals surface area contributed by atoms with Gasteiger partial charge in [0.2, 0.25) is 5.91 Å². The van der Waals surface area contributed by atoms with Crippen LogP contribution in [0.4, 0.5) is 16.2 Å². The Morgan fingerprint density at radius 2 is 1.74 bits per heavy atom. The number of carbonyl (C=O) groups excluding carboxylic acids is 4. The summed E-state index contributed by atoms with van der Waals surface area (Å²) in [4.78, 5) is 53.6. The van der Waals surface area contributed by atoms with Gasteiger partial charge in [-0.25, -0.2) is 14.5 Å². The first-order chi connectivity index (χ1) is 16.9. The third-order valence-electron chi connectivity index (χ3n) is 5.58. The molecule has 3 aromatic rings. The smallest absolute Gasteiger partial charge is 0.338 e. The lowest BCUT2D eigenvalue weighted by molar-refractivity contribution is -0.124. The zero-order chi connectivity index (χ0) is 24.9. The Bertz CT molecular complexity index is 1220. The Balaban J connectivity index is 1.51. The molecule has 2 heterocycles. The molecule has 0 radical (unpaired) electrons. The normalized spacial score (nSPS) is 15.4. The number of furan rings is 1. The van der Waals surface area contributed by atoms with Gasteiger partial charge in [0.05, 0.1) is 37.1 Å². The highest BCUT2D eigenvalue weighted by Gasteiger charge is 2.47. The monoisotopic (exact) mass is 475 g/mol. The number of benzene rings is 2. The van der Waals surface area contributed by atoms with Crippen LogP contribution in [0, 0.1) is 6.92 Å². The minimum atomic E-state index is -1.01. The molecule has 9 heteroatoms. The SMILES string of the molecule is CCOC(=O)c1ccc(NC(=O)C[C@H]2C(=O)N(c3ccc(C)cc3)C(=O)N2Cc2ccco2)cc1. The van der Waals surface area contributed by atoms with Crippen molar-refractivity contribution in [2.75, 3.05) is 16.8 Å². The Morgan fingerprint density at radius 1 is 1.03 bits per heavy atom. The van der Waals surface area contributed by atoms with E-state index < -0.39 is 29.9 Å². The molecule has 1 aromatic heterocycles. The molecule has 1 N–H and O–H groups in total. The minimum absolute atomic E-state index is 0.0477.